The van der Waals surface area contributed by atoms with Gasteiger partial charge in [0.15, 0.2) is 0 Å². The minimum absolute atomic E-state index is 0.0288. The van der Waals surface area contributed by atoms with Crippen LogP contribution in [-0.2, 0) is 14.3 Å². The highest BCUT2D eigenvalue weighted by atomic mass is 16.5. The highest BCUT2D eigenvalue weighted by Gasteiger charge is 2.26. The van der Waals surface area contributed by atoms with Crippen molar-refractivity contribution in [2.24, 2.45) is 0 Å². The standard InChI is InChI=1S/C16H18N4O3/c1-22-10-16(21)20-4-5-23-15(9-20)14-3-2-12(8-19-14)13-6-17-11-18-7-13/h2-3,6-8,11,15H,4-5,9-10H2,1H3. The van der Waals surface area contributed by atoms with E-state index in [9.17, 15) is 4.79 Å². The number of methoxy groups -OCH3 is 1. The molecule has 1 unspecified atom stereocenters. The molecular formula is C16H18N4O3. The molecule has 0 N–H and O–H groups in total. The molecule has 0 radical (unpaired) electrons. The van der Waals surface area contributed by atoms with Crippen LogP contribution >= 0.6 is 0 Å². The van der Waals surface area contributed by atoms with Gasteiger partial charge in [0.2, 0.25) is 5.91 Å². The predicted molar refractivity (Wildman–Crippen MR) is 82.4 cm³/mol. The van der Waals surface area contributed by atoms with E-state index >= 15 is 0 Å². The lowest BCUT2D eigenvalue weighted by molar-refractivity contribution is -0.143. The number of aromatic nitrogens is 3. The maximum atomic E-state index is 11.9. The lowest BCUT2D eigenvalue weighted by Crippen LogP contribution is -2.43. The average molecular weight is 314 g/mol. The first-order valence-corrected chi connectivity index (χ1v) is 7.37. The van der Waals surface area contributed by atoms with Gasteiger partial charge in [-0.3, -0.25) is 9.78 Å². The fraction of sp³-hybridized carbons (Fsp3) is 0.375. The molecule has 1 aliphatic rings. The number of rotatable bonds is 4. The topological polar surface area (TPSA) is 77.4 Å². The van der Waals surface area contributed by atoms with Gasteiger partial charge in [-0.1, -0.05) is 6.07 Å². The minimum atomic E-state index is -0.217. The van der Waals surface area contributed by atoms with Gasteiger partial charge < -0.3 is 14.4 Å². The molecule has 1 amide bonds. The van der Waals surface area contributed by atoms with Crippen molar-refractivity contribution in [2.75, 3.05) is 33.4 Å². The van der Waals surface area contributed by atoms with Crippen LogP contribution in [0.5, 0.6) is 0 Å². The molecule has 2 aromatic heterocycles. The van der Waals surface area contributed by atoms with Gasteiger partial charge in [-0.15, -0.1) is 0 Å². The lowest BCUT2D eigenvalue weighted by atomic mass is 10.1. The first kappa shape index (κ1) is 15.5. The van der Waals surface area contributed by atoms with Crippen LogP contribution in [-0.4, -0.2) is 59.2 Å². The summed E-state index contributed by atoms with van der Waals surface area (Å²) >= 11 is 0. The van der Waals surface area contributed by atoms with Crippen molar-refractivity contribution in [1.29, 1.82) is 0 Å². The Hall–Kier alpha value is -2.38. The molecule has 0 saturated carbocycles. The van der Waals surface area contributed by atoms with Crippen LogP contribution < -0.4 is 0 Å². The fourth-order valence-electron chi connectivity index (χ4n) is 2.48. The van der Waals surface area contributed by atoms with Crippen molar-refractivity contribution in [2.45, 2.75) is 6.10 Å². The van der Waals surface area contributed by atoms with E-state index in [1.165, 1.54) is 13.4 Å². The van der Waals surface area contributed by atoms with Crippen LogP contribution in [0.3, 0.4) is 0 Å². The smallest absolute Gasteiger partial charge is 0.248 e. The summed E-state index contributed by atoms with van der Waals surface area (Å²) < 4.78 is 10.6. The fourth-order valence-corrected chi connectivity index (χ4v) is 2.48. The number of hydrogen-bond donors (Lipinski definition) is 0. The Balaban J connectivity index is 1.70. The van der Waals surface area contributed by atoms with E-state index in [2.05, 4.69) is 15.0 Å². The zero-order valence-corrected chi connectivity index (χ0v) is 12.9. The number of morpholine rings is 1. The number of ether oxygens (including phenoxy) is 2. The third-order valence-electron chi connectivity index (χ3n) is 3.70. The average Bonchev–Trinajstić information content (AvgIpc) is 2.63. The Morgan fingerprint density at radius 2 is 2.13 bits per heavy atom. The second-order valence-electron chi connectivity index (χ2n) is 5.23. The molecule has 2 aromatic rings. The molecule has 7 nitrogen and oxygen atoms in total. The maximum Gasteiger partial charge on any atom is 0.248 e. The summed E-state index contributed by atoms with van der Waals surface area (Å²) in [4.78, 5) is 26.1. The van der Waals surface area contributed by atoms with E-state index in [0.29, 0.717) is 19.7 Å². The number of pyridine rings is 1. The Morgan fingerprint density at radius 3 is 2.83 bits per heavy atom. The first-order chi connectivity index (χ1) is 11.3. The summed E-state index contributed by atoms with van der Waals surface area (Å²) in [7, 11) is 1.52. The summed E-state index contributed by atoms with van der Waals surface area (Å²) in [5.41, 5.74) is 2.66. The van der Waals surface area contributed by atoms with Gasteiger partial charge in [0.1, 0.15) is 19.0 Å². The van der Waals surface area contributed by atoms with Gasteiger partial charge in [0, 0.05) is 43.4 Å². The number of carbonyl (C=O) groups is 1. The SMILES string of the molecule is COCC(=O)N1CCOC(c2ccc(-c3cncnc3)cn2)C1. The summed E-state index contributed by atoms with van der Waals surface area (Å²) in [5, 5.41) is 0. The number of carbonyl (C=O) groups excluding carboxylic acids is 1. The summed E-state index contributed by atoms with van der Waals surface area (Å²) in [5.74, 6) is -0.0288. The Labute approximate surface area is 134 Å². The molecule has 0 aromatic carbocycles. The number of nitrogens with zero attached hydrogens (tertiary/aromatic N) is 4. The Morgan fingerprint density at radius 1 is 1.30 bits per heavy atom. The monoisotopic (exact) mass is 314 g/mol. The van der Waals surface area contributed by atoms with E-state index in [4.69, 9.17) is 9.47 Å². The van der Waals surface area contributed by atoms with Crippen molar-refractivity contribution in [1.82, 2.24) is 19.9 Å². The van der Waals surface area contributed by atoms with Gasteiger partial charge in [-0.25, -0.2) is 9.97 Å². The molecule has 1 saturated heterocycles. The molecule has 1 fully saturated rings. The first-order valence-electron chi connectivity index (χ1n) is 7.37. The molecule has 7 heteroatoms. The third kappa shape index (κ3) is 3.69. The Kier molecular flexibility index (Phi) is 4.89. The van der Waals surface area contributed by atoms with Crippen LogP contribution in [0.15, 0.2) is 37.1 Å². The number of amides is 1. The summed E-state index contributed by atoms with van der Waals surface area (Å²) in [6.07, 6.45) is 6.53. The quantitative estimate of drug-likeness (QED) is 0.840. The molecule has 23 heavy (non-hydrogen) atoms. The second-order valence-corrected chi connectivity index (χ2v) is 5.23. The molecular weight excluding hydrogens is 296 g/mol. The van der Waals surface area contributed by atoms with Gasteiger partial charge in [-0.2, -0.15) is 0 Å². The zero-order valence-electron chi connectivity index (χ0n) is 12.9. The van der Waals surface area contributed by atoms with Crippen molar-refractivity contribution >= 4 is 5.91 Å². The highest BCUT2D eigenvalue weighted by Crippen LogP contribution is 2.23. The molecule has 3 heterocycles. The lowest BCUT2D eigenvalue weighted by Gasteiger charge is -2.32. The van der Waals surface area contributed by atoms with E-state index in [0.717, 1.165) is 16.8 Å². The van der Waals surface area contributed by atoms with Crippen LogP contribution in [0.1, 0.15) is 11.8 Å². The van der Waals surface area contributed by atoms with Crippen molar-refractivity contribution < 1.29 is 14.3 Å². The van der Waals surface area contributed by atoms with Crippen molar-refractivity contribution in [3.8, 4) is 11.1 Å². The normalized spacial score (nSPS) is 18.0. The highest BCUT2D eigenvalue weighted by molar-refractivity contribution is 5.77. The summed E-state index contributed by atoms with van der Waals surface area (Å²) in [6, 6.07) is 3.87. The van der Waals surface area contributed by atoms with E-state index in [-0.39, 0.29) is 18.6 Å². The van der Waals surface area contributed by atoms with E-state index in [1.54, 1.807) is 23.5 Å². The molecule has 0 aliphatic carbocycles. The van der Waals surface area contributed by atoms with Gasteiger partial charge in [0.05, 0.1) is 18.8 Å². The molecule has 0 bridgehead atoms. The largest absolute Gasteiger partial charge is 0.375 e. The van der Waals surface area contributed by atoms with Gasteiger partial charge in [0.25, 0.3) is 0 Å². The maximum absolute atomic E-state index is 11.9. The van der Waals surface area contributed by atoms with Gasteiger partial charge in [-0.05, 0) is 6.07 Å². The van der Waals surface area contributed by atoms with Gasteiger partial charge >= 0.3 is 0 Å². The Bertz CT molecular complexity index is 648. The van der Waals surface area contributed by atoms with Crippen LogP contribution in [0.2, 0.25) is 0 Å². The van der Waals surface area contributed by atoms with E-state index in [1.807, 2.05) is 12.1 Å². The minimum Gasteiger partial charge on any atom is -0.375 e. The van der Waals surface area contributed by atoms with E-state index < -0.39 is 0 Å². The molecule has 120 valence electrons. The van der Waals surface area contributed by atoms with Crippen LogP contribution in [0, 0.1) is 0 Å². The molecule has 3 rings (SSSR count). The zero-order chi connectivity index (χ0) is 16.1. The summed E-state index contributed by atoms with van der Waals surface area (Å²) in [6.45, 7) is 1.66. The van der Waals surface area contributed by atoms with Crippen molar-refractivity contribution in [3.05, 3.63) is 42.7 Å². The van der Waals surface area contributed by atoms with Crippen molar-refractivity contribution in [3.63, 3.8) is 0 Å². The molecule has 1 aliphatic heterocycles. The molecule has 0 spiro atoms. The second kappa shape index (κ2) is 7.26. The third-order valence-corrected chi connectivity index (χ3v) is 3.70. The molecule has 1 atom stereocenters. The predicted octanol–water partition coefficient (Wildman–Crippen LogP) is 1.08. The van der Waals surface area contributed by atoms with Crippen LogP contribution in [0.4, 0.5) is 0 Å². The number of hydrogen-bond acceptors (Lipinski definition) is 6. The van der Waals surface area contributed by atoms with Crippen LogP contribution in [0.25, 0.3) is 11.1 Å².